The molecule has 2 aromatic rings. The molecule has 0 unspecified atom stereocenters. The van der Waals surface area contributed by atoms with Gasteiger partial charge in [-0.25, -0.2) is 9.59 Å². The lowest BCUT2D eigenvalue weighted by atomic mass is 10.2. The number of hydrogen-bond donors (Lipinski definition) is 1. The molecule has 5 nitrogen and oxygen atoms in total. The fraction of sp³-hybridized carbons (Fsp3) is 0.176. The Labute approximate surface area is 128 Å². The van der Waals surface area contributed by atoms with E-state index < -0.39 is 11.9 Å². The molecule has 2 rings (SSSR count). The Morgan fingerprint density at radius 1 is 1.05 bits per heavy atom. The van der Waals surface area contributed by atoms with Gasteiger partial charge in [-0.3, -0.25) is 0 Å². The van der Waals surface area contributed by atoms with E-state index in [2.05, 4.69) is 0 Å². The van der Waals surface area contributed by atoms with Gasteiger partial charge in [0.25, 0.3) is 0 Å². The summed E-state index contributed by atoms with van der Waals surface area (Å²) < 4.78 is 10.4. The van der Waals surface area contributed by atoms with Gasteiger partial charge in [0.15, 0.2) is 6.61 Å². The number of esters is 1. The molecular weight excluding hydrogens is 284 g/mol. The molecule has 0 spiro atoms. The monoisotopic (exact) mass is 300 g/mol. The van der Waals surface area contributed by atoms with Gasteiger partial charge in [-0.05, 0) is 48.4 Å². The second kappa shape index (κ2) is 7.26. The van der Waals surface area contributed by atoms with E-state index in [-0.39, 0.29) is 17.9 Å². The van der Waals surface area contributed by atoms with Crippen molar-refractivity contribution in [2.24, 2.45) is 0 Å². The zero-order valence-electron chi connectivity index (χ0n) is 12.1. The summed E-state index contributed by atoms with van der Waals surface area (Å²) in [5.41, 5.74) is 1.25. The highest BCUT2D eigenvalue weighted by Crippen LogP contribution is 2.15. The maximum Gasteiger partial charge on any atom is 0.349 e. The number of carbonyl (C=O) groups is 2. The number of rotatable bonds is 6. The van der Waals surface area contributed by atoms with Gasteiger partial charge in [-0.2, -0.15) is 0 Å². The third kappa shape index (κ3) is 4.34. The molecule has 0 aliphatic carbocycles. The van der Waals surface area contributed by atoms with Crippen molar-refractivity contribution in [3.63, 3.8) is 0 Å². The van der Waals surface area contributed by atoms with Crippen LogP contribution >= 0.6 is 0 Å². The summed E-state index contributed by atoms with van der Waals surface area (Å²) in [6.45, 7) is 1.82. The highest BCUT2D eigenvalue weighted by molar-refractivity contribution is 5.87. The first-order chi connectivity index (χ1) is 10.6. The van der Waals surface area contributed by atoms with E-state index in [9.17, 15) is 9.59 Å². The van der Waals surface area contributed by atoms with Crippen LogP contribution in [0.1, 0.15) is 22.8 Å². The van der Waals surface area contributed by atoms with Gasteiger partial charge in [0, 0.05) is 0 Å². The minimum absolute atomic E-state index is 0.132. The van der Waals surface area contributed by atoms with Gasteiger partial charge in [0.05, 0.1) is 5.56 Å². The number of carbonyl (C=O) groups excluding carboxylic acids is 1. The van der Waals surface area contributed by atoms with Crippen LogP contribution in [-0.2, 0) is 11.2 Å². The number of benzene rings is 2. The molecule has 0 saturated heterocycles. The predicted molar refractivity (Wildman–Crippen MR) is 80.4 cm³/mol. The smallest absolute Gasteiger partial charge is 0.349 e. The zero-order chi connectivity index (χ0) is 15.9. The van der Waals surface area contributed by atoms with E-state index in [0.717, 1.165) is 12.0 Å². The highest BCUT2D eigenvalue weighted by atomic mass is 16.6. The van der Waals surface area contributed by atoms with Crippen molar-refractivity contribution >= 4 is 11.9 Å². The lowest BCUT2D eigenvalue weighted by molar-refractivity contribution is -0.136. The molecule has 0 saturated carbocycles. The standard InChI is InChI=1S/C17H16O5/c1-2-12-4-3-5-15(10-12)21-11-16(18)22-14-8-6-13(7-9-14)17(19)20/h3-10H,2,11H2,1H3,(H,19,20). The Morgan fingerprint density at radius 3 is 2.41 bits per heavy atom. The average molecular weight is 300 g/mol. The number of ether oxygens (including phenoxy) is 2. The molecule has 0 heterocycles. The summed E-state index contributed by atoms with van der Waals surface area (Å²) in [5.74, 6) is -0.694. The maximum absolute atomic E-state index is 11.7. The van der Waals surface area contributed by atoms with Crippen molar-refractivity contribution in [1.29, 1.82) is 0 Å². The molecule has 0 fully saturated rings. The van der Waals surface area contributed by atoms with Gasteiger partial charge in [0.2, 0.25) is 0 Å². The molecule has 2 aromatic carbocycles. The van der Waals surface area contributed by atoms with Crippen LogP contribution in [0.2, 0.25) is 0 Å². The average Bonchev–Trinajstić information content (AvgIpc) is 2.53. The summed E-state index contributed by atoms with van der Waals surface area (Å²) in [4.78, 5) is 22.4. The first-order valence-electron chi connectivity index (χ1n) is 6.84. The third-order valence-corrected chi connectivity index (χ3v) is 3.00. The lowest BCUT2D eigenvalue weighted by Crippen LogP contribution is -2.17. The summed E-state index contributed by atoms with van der Waals surface area (Å²) in [5, 5.41) is 8.78. The summed E-state index contributed by atoms with van der Waals surface area (Å²) in [7, 11) is 0. The second-order valence-electron chi connectivity index (χ2n) is 4.59. The molecule has 1 N–H and O–H groups in total. The molecule has 0 atom stereocenters. The number of aryl methyl sites for hydroxylation is 1. The summed E-state index contributed by atoms with van der Waals surface area (Å²) in [6.07, 6.45) is 0.886. The quantitative estimate of drug-likeness (QED) is 0.656. The Bertz CT molecular complexity index is 661. The lowest BCUT2D eigenvalue weighted by Gasteiger charge is -2.08. The van der Waals surface area contributed by atoms with Crippen molar-refractivity contribution in [2.45, 2.75) is 13.3 Å². The number of carboxylic acid groups (broad SMARTS) is 1. The maximum atomic E-state index is 11.7. The number of carboxylic acids is 1. The van der Waals surface area contributed by atoms with Crippen LogP contribution in [0.15, 0.2) is 48.5 Å². The first kappa shape index (κ1) is 15.6. The fourth-order valence-electron chi connectivity index (χ4n) is 1.82. The fourth-order valence-corrected chi connectivity index (χ4v) is 1.82. The van der Waals surface area contributed by atoms with Gasteiger partial charge < -0.3 is 14.6 Å². The minimum atomic E-state index is -1.03. The van der Waals surface area contributed by atoms with Crippen molar-refractivity contribution < 1.29 is 24.2 Å². The molecule has 114 valence electrons. The van der Waals surface area contributed by atoms with E-state index in [1.807, 2.05) is 25.1 Å². The molecule has 0 aliphatic heterocycles. The minimum Gasteiger partial charge on any atom is -0.482 e. The van der Waals surface area contributed by atoms with E-state index >= 15 is 0 Å². The van der Waals surface area contributed by atoms with Crippen LogP contribution in [0.4, 0.5) is 0 Å². The zero-order valence-corrected chi connectivity index (χ0v) is 12.1. The normalized spacial score (nSPS) is 10.0. The molecule has 22 heavy (non-hydrogen) atoms. The summed E-state index contributed by atoms with van der Waals surface area (Å²) >= 11 is 0. The van der Waals surface area contributed by atoms with E-state index in [0.29, 0.717) is 5.75 Å². The molecule has 0 bridgehead atoms. The van der Waals surface area contributed by atoms with Crippen molar-refractivity contribution in [3.05, 3.63) is 59.7 Å². The van der Waals surface area contributed by atoms with Gasteiger partial charge in [-0.15, -0.1) is 0 Å². The van der Waals surface area contributed by atoms with Crippen LogP contribution in [0, 0.1) is 0 Å². The Morgan fingerprint density at radius 2 is 1.77 bits per heavy atom. The summed E-state index contributed by atoms with van der Waals surface area (Å²) in [6, 6.07) is 13.1. The topological polar surface area (TPSA) is 72.8 Å². The molecular formula is C17H16O5. The second-order valence-corrected chi connectivity index (χ2v) is 4.59. The number of hydrogen-bond acceptors (Lipinski definition) is 4. The van der Waals surface area contributed by atoms with Crippen molar-refractivity contribution in [3.8, 4) is 11.5 Å². The van der Waals surface area contributed by atoms with E-state index in [1.54, 1.807) is 6.07 Å². The predicted octanol–water partition coefficient (Wildman–Crippen LogP) is 2.93. The van der Waals surface area contributed by atoms with Crippen LogP contribution < -0.4 is 9.47 Å². The SMILES string of the molecule is CCc1cccc(OCC(=O)Oc2ccc(C(=O)O)cc2)c1. The van der Waals surface area contributed by atoms with Gasteiger partial charge in [0.1, 0.15) is 11.5 Å². The Balaban J connectivity index is 1.88. The third-order valence-electron chi connectivity index (χ3n) is 3.00. The van der Waals surface area contributed by atoms with E-state index in [4.69, 9.17) is 14.6 Å². The van der Waals surface area contributed by atoms with Crippen LogP contribution in [-0.4, -0.2) is 23.7 Å². The molecule has 0 amide bonds. The van der Waals surface area contributed by atoms with Crippen LogP contribution in [0.5, 0.6) is 11.5 Å². The van der Waals surface area contributed by atoms with E-state index in [1.165, 1.54) is 24.3 Å². The van der Waals surface area contributed by atoms with Crippen LogP contribution in [0.3, 0.4) is 0 Å². The van der Waals surface area contributed by atoms with Crippen molar-refractivity contribution in [2.75, 3.05) is 6.61 Å². The largest absolute Gasteiger partial charge is 0.482 e. The van der Waals surface area contributed by atoms with Crippen LogP contribution in [0.25, 0.3) is 0 Å². The molecule has 0 radical (unpaired) electrons. The van der Waals surface area contributed by atoms with Crippen molar-refractivity contribution in [1.82, 2.24) is 0 Å². The number of aromatic carboxylic acids is 1. The van der Waals surface area contributed by atoms with Gasteiger partial charge in [-0.1, -0.05) is 19.1 Å². The Kier molecular flexibility index (Phi) is 5.14. The Hall–Kier alpha value is -2.82. The molecule has 5 heteroatoms. The first-order valence-corrected chi connectivity index (χ1v) is 6.84. The molecule has 0 aliphatic rings. The highest BCUT2D eigenvalue weighted by Gasteiger charge is 2.08. The van der Waals surface area contributed by atoms with Gasteiger partial charge >= 0.3 is 11.9 Å². The molecule has 0 aromatic heterocycles.